The third-order valence-electron chi connectivity index (χ3n) is 0.874. The van der Waals surface area contributed by atoms with E-state index in [1.165, 1.54) is 6.92 Å². The molecule has 10 heavy (non-hydrogen) atoms. The normalized spacial score (nSPS) is 15.6. The molecule has 0 spiro atoms. The Morgan fingerprint density at radius 3 is 2.50 bits per heavy atom. The number of carbonyl (C=O) groups excluding carboxylic acids is 1. The predicted molar refractivity (Wildman–Crippen MR) is 33.1 cm³/mol. The molecule has 0 aliphatic heterocycles. The van der Waals surface area contributed by atoms with E-state index in [1.54, 1.807) is 0 Å². The van der Waals surface area contributed by atoms with E-state index in [4.69, 9.17) is 10.8 Å². The van der Waals surface area contributed by atoms with Crippen LogP contribution in [0, 0.1) is 0 Å². The van der Waals surface area contributed by atoms with Gasteiger partial charge in [-0.3, -0.25) is 5.73 Å². The summed E-state index contributed by atoms with van der Waals surface area (Å²) in [6.45, 7) is 1.41. The highest BCUT2D eigenvalue weighted by Gasteiger charge is 2.14. The summed E-state index contributed by atoms with van der Waals surface area (Å²) in [5.41, 5.74) is 5.12. The zero-order valence-electron chi connectivity index (χ0n) is 5.90. The van der Waals surface area contributed by atoms with E-state index in [2.05, 4.69) is 9.47 Å². The number of methoxy groups -OCH3 is 1. The van der Waals surface area contributed by atoms with Gasteiger partial charge in [0.2, 0.25) is 0 Å². The molecular weight excluding hydrogens is 138 g/mol. The molecule has 3 N–H and O–H groups in total. The molecule has 0 aromatic rings. The second-order valence-corrected chi connectivity index (χ2v) is 1.78. The molecule has 0 fully saturated rings. The van der Waals surface area contributed by atoms with Crippen molar-refractivity contribution in [3.05, 3.63) is 0 Å². The largest absolute Gasteiger partial charge is 0.509 e. The summed E-state index contributed by atoms with van der Waals surface area (Å²) in [6, 6.07) is 0. The minimum Gasteiger partial charge on any atom is -0.438 e. The molecule has 0 radical (unpaired) electrons. The quantitative estimate of drug-likeness (QED) is 0.406. The fourth-order valence-corrected chi connectivity index (χ4v) is 0.258. The van der Waals surface area contributed by atoms with Crippen molar-refractivity contribution in [2.45, 2.75) is 19.3 Å². The molecule has 5 heteroatoms. The van der Waals surface area contributed by atoms with E-state index >= 15 is 0 Å². The maximum Gasteiger partial charge on any atom is 0.509 e. The van der Waals surface area contributed by atoms with Crippen LogP contribution in [0.15, 0.2) is 0 Å². The third kappa shape index (κ3) is 3.26. The van der Waals surface area contributed by atoms with Crippen molar-refractivity contribution in [2.24, 2.45) is 5.73 Å². The summed E-state index contributed by atoms with van der Waals surface area (Å²) in [7, 11) is 1.16. The van der Waals surface area contributed by atoms with Gasteiger partial charge in [0.15, 0.2) is 6.23 Å². The first-order chi connectivity index (χ1) is 4.57. The van der Waals surface area contributed by atoms with Crippen LogP contribution in [0.5, 0.6) is 0 Å². The summed E-state index contributed by atoms with van der Waals surface area (Å²) < 4.78 is 8.45. The summed E-state index contributed by atoms with van der Waals surface area (Å²) in [5.74, 6) is 0. The van der Waals surface area contributed by atoms with Crippen LogP contribution >= 0.6 is 0 Å². The molecule has 0 aliphatic carbocycles. The minimum atomic E-state index is -1.02. The van der Waals surface area contributed by atoms with Crippen LogP contribution < -0.4 is 5.73 Å². The van der Waals surface area contributed by atoms with Gasteiger partial charge in [0.25, 0.3) is 0 Å². The van der Waals surface area contributed by atoms with E-state index < -0.39 is 18.5 Å². The van der Waals surface area contributed by atoms with Gasteiger partial charge in [-0.25, -0.2) is 4.79 Å². The first-order valence-corrected chi connectivity index (χ1v) is 2.76. The fourth-order valence-electron chi connectivity index (χ4n) is 0.258. The number of nitrogens with two attached hydrogens (primary N) is 1. The number of rotatable bonds is 2. The maximum atomic E-state index is 10.3. The lowest BCUT2D eigenvalue weighted by atomic mass is 10.4. The Hall–Kier alpha value is -0.810. The zero-order chi connectivity index (χ0) is 8.15. The molecule has 0 saturated carbocycles. The first-order valence-electron chi connectivity index (χ1n) is 2.76. The van der Waals surface area contributed by atoms with Gasteiger partial charge < -0.3 is 14.6 Å². The summed E-state index contributed by atoms with van der Waals surface area (Å²) in [4.78, 5) is 10.3. The number of hydrogen-bond donors (Lipinski definition) is 2. The molecule has 0 bridgehead atoms. The molecule has 0 amide bonds. The van der Waals surface area contributed by atoms with Gasteiger partial charge in [0.05, 0.1) is 7.11 Å². The lowest BCUT2D eigenvalue weighted by molar-refractivity contribution is -0.0154. The highest BCUT2D eigenvalue weighted by molar-refractivity contribution is 5.59. The second-order valence-electron chi connectivity index (χ2n) is 1.78. The molecule has 0 aromatic heterocycles. The predicted octanol–water partition coefficient (Wildman–Crippen LogP) is -0.565. The van der Waals surface area contributed by atoms with Crippen LogP contribution in [0.2, 0.25) is 0 Å². The first kappa shape index (κ1) is 9.19. The maximum absolute atomic E-state index is 10.3. The van der Waals surface area contributed by atoms with Gasteiger partial charge >= 0.3 is 6.16 Å². The number of aliphatic hydroxyl groups excluding tert-OH is 1. The molecule has 5 nitrogen and oxygen atoms in total. The second kappa shape index (κ2) is 4.08. The van der Waals surface area contributed by atoms with Crippen molar-refractivity contribution < 1.29 is 19.4 Å². The Kier molecular flexibility index (Phi) is 3.75. The number of hydrogen-bond acceptors (Lipinski definition) is 5. The van der Waals surface area contributed by atoms with Crippen molar-refractivity contribution in [3.63, 3.8) is 0 Å². The molecule has 0 saturated heterocycles. The molecule has 2 unspecified atom stereocenters. The lowest BCUT2D eigenvalue weighted by Gasteiger charge is -2.13. The average molecular weight is 149 g/mol. The molecular formula is C5H11NO4. The highest BCUT2D eigenvalue weighted by Crippen LogP contribution is 1.92. The summed E-state index contributed by atoms with van der Waals surface area (Å²) in [6.07, 6.45) is -2.81. The van der Waals surface area contributed by atoms with Crippen LogP contribution in [0.1, 0.15) is 6.92 Å². The van der Waals surface area contributed by atoms with Gasteiger partial charge in [0, 0.05) is 0 Å². The monoisotopic (exact) mass is 149 g/mol. The Balaban J connectivity index is 3.57. The molecule has 0 heterocycles. The van der Waals surface area contributed by atoms with Gasteiger partial charge in [-0.05, 0) is 6.92 Å². The van der Waals surface area contributed by atoms with Crippen molar-refractivity contribution in [1.29, 1.82) is 0 Å². The van der Waals surface area contributed by atoms with E-state index in [0.717, 1.165) is 7.11 Å². The number of ether oxygens (including phenoxy) is 2. The Morgan fingerprint density at radius 2 is 2.20 bits per heavy atom. The smallest absolute Gasteiger partial charge is 0.438 e. The topological polar surface area (TPSA) is 81.8 Å². The van der Waals surface area contributed by atoms with E-state index in [9.17, 15) is 4.79 Å². The van der Waals surface area contributed by atoms with Gasteiger partial charge in [-0.2, -0.15) is 0 Å². The SMILES string of the molecule is COC(=O)OC(N)C(C)O. The Bertz CT molecular complexity index is 114. The molecule has 0 rings (SSSR count). The van der Waals surface area contributed by atoms with E-state index in [1.807, 2.05) is 0 Å². The molecule has 0 aromatic carbocycles. The Labute approximate surface area is 58.7 Å². The van der Waals surface area contributed by atoms with Gasteiger partial charge in [0.1, 0.15) is 6.10 Å². The van der Waals surface area contributed by atoms with Gasteiger partial charge in [-0.15, -0.1) is 0 Å². The van der Waals surface area contributed by atoms with Gasteiger partial charge in [-0.1, -0.05) is 0 Å². The van der Waals surface area contributed by atoms with Crippen LogP contribution in [0.25, 0.3) is 0 Å². The summed E-state index contributed by atoms with van der Waals surface area (Å²) >= 11 is 0. The van der Waals surface area contributed by atoms with Crippen LogP contribution in [-0.4, -0.2) is 30.7 Å². The Morgan fingerprint density at radius 1 is 1.70 bits per heavy atom. The third-order valence-corrected chi connectivity index (χ3v) is 0.874. The summed E-state index contributed by atoms with van der Waals surface area (Å²) in [5, 5.41) is 8.71. The zero-order valence-corrected chi connectivity index (χ0v) is 5.90. The molecule has 2 atom stereocenters. The minimum absolute atomic E-state index is 0.890. The van der Waals surface area contributed by atoms with Crippen molar-refractivity contribution >= 4 is 6.16 Å². The lowest BCUT2D eigenvalue weighted by Crippen LogP contribution is -2.37. The molecule has 60 valence electrons. The number of carbonyl (C=O) groups is 1. The fraction of sp³-hybridized carbons (Fsp3) is 0.800. The van der Waals surface area contributed by atoms with Crippen LogP contribution in [-0.2, 0) is 9.47 Å². The van der Waals surface area contributed by atoms with Crippen molar-refractivity contribution in [3.8, 4) is 0 Å². The van der Waals surface area contributed by atoms with Crippen LogP contribution in [0.3, 0.4) is 0 Å². The van der Waals surface area contributed by atoms with E-state index in [-0.39, 0.29) is 0 Å². The van der Waals surface area contributed by atoms with Crippen molar-refractivity contribution in [2.75, 3.05) is 7.11 Å². The standard InChI is InChI=1S/C5H11NO4/c1-3(7)4(6)10-5(8)9-2/h3-4,7H,6H2,1-2H3. The number of aliphatic hydroxyl groups is 1. The average Bonchev–Trinajstić information content (AvgIpc) is 1.87. The highest BCUT2D eigenvalue weighted by atomic mass is 16.7. The van der Waals surface area contributed by atoms with Crippen LogP contribution in [0.4, 0.5) is 4.79 Å². The molecule has 0 aliphatic rings. The van der Waals surface area contributed by atoms with Crippen molar-refractivity contribution in [1.82, 2.24) is 0 Å². The van der Waals surface area contributed by atoms with E-state index in [0.29, 0.717) is 0 Å².